The molecule has 0 aromatic heterocycles. The number of halogens is 2. The van der Waals surface area contributed by atoms with Crippen LogP contribution in [0.3, 0.4) is 0 Å². The van der Waals surface area contributed by atoms with Crippen LogP contribution in [0.4, 0.5) is 10.1 Å². The van der Waals surface area contributed by atoms with Crippen LogP contribution in [-0.2, 0) is 0 Å². The average Bonchev–Trinajstić information content (AvgIpc) is 2.35. The van der Waals surface area contributed by atoms with E-state index in [9.17, 15) is 4.39 Å². The van der Waals surface area contributed by atoms with Crippen LogP contribution >= 0.6 is 28.1 Å². The van der Waals surface area contributed by atoms with E-state index >= 15 is 0 Å². The maximum atomic E-state index is 13.1. The summed E-state index contributed by atoms with van der Waals surface area (Å²) in [4.78, 5) is 0.567. The van der Waals surface area contributed by atoms with Crippen LogP contribution in [0.25, 0.3) is 0 Å². The molecule has 0 saturated carbocycles. The summed E-state index contributed by atoms with van der Waals surface area (Å²) in [7, 11) is 0. The lowest BCUT2D eigenvalue weighted by molar-refractivity contribution is 0.628. The van der Waals surface area contributed by atoms with Crippen LogP contribution in [0.2, 0.25) is 0 Å². The second-order valence-electron chi connectivity index (χ2n) is 3.44. The Morgan fingerprint density at radius 1 is 1.12 bits per heavy atom. The first-order chi connectivity index (χ1) is 8.16. The van der Waals surface area contributed by atoms with Gasteiger partial charge in [-0.3, -0.25) is 0 Å². The molecular formula is C13H9BrFNS. The second-order valence-corrected chi connectivity index (χ2v) is 4.71. The summed E-state index contributed by atoms with van der Waals surface area (Å²) in [6.45, 7) is 0. The number of thiocarbonyl (C=S) groups is 1. The largest absolute Gasteiger partial charge is 0.345 e. The third kappa shape index (κ3) is 3.11. The molecule has 0 unspecified atom stereocenters. The lowest BCUT2D eigenvalue weighted by Crippen LogP contribution is -2.10. The zero-order valence-corrected chi connectivity index (χ0v) is 11.2. The standard InChI is InChI=1S/C13H9BrFNS/c14-11-7-6-10(15)8-12(11)16-13(17)9-4-2-1-3-5-9/h1-8H,(H,16,17). The minimum Gasteiger partial charge on any atom is -0.345 e. The fraction of sp³-hybridized carbons (Fsp3) is 0. The van der Waals surface area contributed by atoms with Gasteiger partial charge in [0.05, 0.1) is 5.69 Å². The number of nitrogens with one attached hydrogen (secondary N) is 1. The lowest BCUT2D eigenvalue weighted by Gasteiger charge is -2.09. The Hall–Kier alpha value is -1.26. The highest BCUT2D eigenvalue weighted by Crippen LogP contribution is 2.23. The van der Waals surface area contributed by atoms with Gasteiger partial charge in [-0.2, -0.15) is 0 Å². The fourth-order valence-corrected chi connectivity index (χ4v) is 1.97. The van der Waals surface area contributed by atoms with E-state index in [4.69, 9.17) is 12.2 Å². The van der Waals surface area contributed by atoms with Crippen LogP contribution in [-0.4, -0.2) is 4.99 Å². The molecule has 0 aliphatic carbocycles. The molecule has 86 valence electrons. The molecule has 2 aromatic rings. The first kappa shape index (κ1) is 12.2. The minimum absolute atomic E-state index is 0.299. The highest BCUT2D eigenvalue weighted by Gasteiger charge is 2.05. The molecule has 0 aliphatic rings. The summed E-state index contributed by atoms with van der Waals surface area (Å²) in [6.07, 6.45) is 0. The Morgan fingerprint density at radius 3 is 2.53 bits per heavy atom. The number of rotatable bonds is 2. The Kier molecular flexibility index (Phi) is 3.86. The van der Waals surface area contributed by atoms with Crippen molar-refractivity contribution in [2.75, 3.05) is 5.32 Å². The molecule has 1 N–H and O–H groups in total. The van der Waals surface area contributed by atoms with Crippen molar-refractivity contribution in [1.29, 1.82) is 0 Å². The van der Waals surface area contributed by atoms with E-state index in [1.54, 1.807) is 6.07 Å². The van der Waals surface area contributed by atoms with Gasteiger partial charge in [-0.1, -0.05) is 42.5 Å². The van der Waals surface area contributed by atoms with Crippen molar-refractivity contribution in [3.63, 3.8) is 0 Å². The molecule has 0 atom stereocenters. The molecule has 0 bridgehead atoms. The monoisotopic (exact) mass is 309 g/mol. The number of benzene rings is 2. The molecule has 17 heavy (non-hydrogen) atoms. The van der Waals surface area contributed by atoms with E-state index in [1.807, 2.05) is 30.3 Å². The summed E-state index contributed by atoms with van der Waals surface area (Å²) in [5.41, 5.74) is 1.53. The van der Waals surface area contributed by atoms with Gasteiger partial charge in [0.1, 0.15) is 10.8 Å². The molecule has 0 saturated heterocycles. The number of anilines is 1. The van der Waals surface area contributed by atoms with E-state index in [-0.39, 0.29) is 5.82 Å². The van der Waals surface area contributed by atoms with Crippen molar-refractivity contribution < 1.29 is 4.39 Å². The van der Waals surface area contributed by atoms with Gasteiger partial charge in [0.25, 0.3) is 0 Å². The van der Waals surface area contributed by atoms with Gasteiger partial charge in [0, 0.05) is 10.0 Å². The molecule has 1 nitrogen and oxygen atoms in total. The van der Waals surface area contributed by atoms with E-state index in [0.29, 0.717) is 10.7 Å². The zero-order chi connectivity index (χ0) is 12.3. The Labute approximate surface area is 113 Å². The van der Waals surface area contributed by atoms with Gasteiger partial charge in [0.15, 0.2) is 0 Å². The van der Waals surface area contributed by atoms with E-state index in [2.05, 4.69) is 21.2 Å². The minimum atomic E-state index is -0.299. The molecular weight excluding hydrogens is 301 g/mol. The van der Waals surface area contributed by atoms with Crippen LogP contribution < -0.4 is 5.32 Å². The quantitative estimate of drug-likeness (QED) is 0.826. The van der Waals surface area contributed by atoms with Gasteiger partial charge in [-0.15, -0.1) is 0 Å². The van der Waals surface area contributed by atoms with Gasteiger partial charge in [0.2, 0.25) is 0 Å². The molecule has 4 heteroatoms. The molecule has 0 heterocycles. The molecule has 0 fully saturated rings. The first-order valence-corrected chi connectivity index (χ1v) is 6.18. The SMILES string of the molecule is Fc1ccc(Br)c(NC(=S)c2ccccc2)c1. The third-order valence-corrected chi connectivity index (χ3v) is 3.24. The van der Waals surface area contributed by atoms with Crippen LogP contribution in [0, 0.1) is 5.82 Å². The Morgan fingerprint density at radius 2 is 1.82 bits per heavy atom. The summed E-state index contributed by atoms with van der Waals surface area (Å²) in [5, 5.41) is 3.01. The summed E-state index contributed by atoms with van der Waals surface area (Å²) < 4.78 is 13.9. The van der Waals surface area contributed by atoms with Crippen molar-refractivity contribution in [3.05, 3.63) is 64.4 Å². The van der Waals surface area contributed by atoms with Crippen molar-refractivity contribution in [1.82, 2.24) is 0 Å². The Bertz CT molecular complexity index is 542. The molecule has 0 radical (unpaired) electrons. The van der Waals surface area contributed by atoms with Crippen LogP contribution in [0.5, 0.6) is 0 Å². The van der Waals surface area contributed by atoms with E-state index < -0.39 is 0 Å². The predicted octanol–water partition coefficient (Wildman–Crippen LogP) is 4.38. The van der Waals surface area contributed by atoms with Crippen molar-refractivity contribution in [3.8, 4) is 0 Å². The predicted molar refractivity (Wildman–Crippen MR) is 75.9 cm³/mol. The summed E-state index contributed by atoms with van der Waals surface area (Å²) >= 11 is 8.59. The van der Waals surface area contributed by atoms with Gasteiger partial charge in [-0.05, 0) is 34.1 Å². The smallest absolute Gasteiger partial charge is 0.125 e. The molecule has 2 rings (SSSR count). The maximum absolute atomic E-state index is 13.1. The highest BCUT2D eigenvalue weighted by atomic mass is 79.9. The van der Waals surface area contributed by atoms with E-state index in [1.165, 1.54) is 12.1 Å². The molecule has 0 aliphatic heterocycles. The van der Waals surface area contributed by atoms with Crippen molar-refractivity contribution in [2.45, 2.75) is 0 Å². The topological polar surface area (TPSA) is 12.0 Å². The molecule has 2 aromatic carbocycles. The van der Waals surface area contributed by atoms with Crippen molar-refractivity contribution >= 4 is 38.8 Å². The molecule has 0 amide bonds. The first-order valence-electron chi connectivity index (χ1n) is 4.98. The Balaban J connectivity index is 2.22. The van der Waals surface area contributed by atoms with Gasteiger partial charge in [-0.25, -0.2) is 4.39 Å². The highest BCUT2D eigenvalue weighted by molar-refractivity contribution is 9.10. The number of hydrogen-bond donors (Lipinski definition) is 1. The van der Waals surface area contributed by atoms with Gasteiger partial charge >= 0.3 is 0 Å². The molecule has 0 spiro atoms. The average molecular weight is 310 g/mol. The van der Waals surface area contributed by atoms with Crippen LogP contribution in [0.15, 0.2) is 53.0 Å². The summed E-state index contributed by atoms with van der Waals surface area (Å²) in [5.74, 6) is -0.299. The van der Waals surface area contributed by atoms with Crippen molar-refractivity contribution in [2.24, 2.45) is 0 Å². The lowest BCUT2D eigenvalue weighted by atomic mass is 10.2. The van der Waals surface area contributed by atoms with E-state index in [0.717, 1.165) is 10.0 Å². The zero-order valence-electron chi connectivity index (χ0n) is 8.78. The van der Waals surface area contributed by atoms with Crippen LogP contribution in [0.1, 0.15) is 5.56 Å². The third-order valence-electron chi connectivity index (χ3n) is 2.21. The number of hydrogen-bond acceptors (Lipinski definition) is 1. The normalized spacial score (nSPS) is 10.0. The summed E-state index contributed by atoms with van der Waals surface area (Å²) in [6, 6.07) is 14.0. The maximum Gasteiger partial charge on any atom is 0.125 e. The second kappa shape index (κ2) is 5.38. The fourth-order valence-electron chi connectivity index (χ4n) is 1.38. The van der Waals surface area contributed by atoms with Gasteiger partial charge < -0.3 is 5.32 Å².